The summed E-state index contributed by atoms with van der Waals surface area (Å²) >= 11 is 14.1. The molecule has 3 nitrogen and oxygen atoms in total. The Morgan fingerprint density at radius 3 is 2.65 bits per heavy atom. The number of halogens is 1. The van der Waals surface area contributed by atoms with Gasteiger partial charge >= 0.3 is 0 Å². The van der Waals surface area contributed by atoms with Crippen LogP contribution >= 0.6 is 47.3 Å². The highest BCUT2D eigenvalue weighted by atomic mass is 35.5. The van der Waals surface area contributed by atoms with Gasteiger partial charge in [0.05, 0.1) is 11.5 Å². The van der Waals surface area contributed by atoms with Crippen LogP contribution in [0.2, 0.25) is 5.02 Å². The van der Waals surface area contributed by atoms with Crippen molar-refractivity contribution in [3.05, 3.63) is 64.0 Å². The van der Waals surface area contributed by atoms with Crippen molar-refractivity contribution in [2.45, 2.75) is 4.90 Å². The van der Waals surface area contributed by atoms with Crippen LogP contribution in [0.15, 0.2) is 58.3 Å². The number of para-hydroxylation sites is 1. The number of hydrogen-bond donors (Lipinski definition) is 0. The SMILES string of the molecule is CN1C(=O)/C(=C\c2ccccc2OCCSc2ccc(Cl)cc2)SC1=S. The van der Waals surface area contributed by atoms with Crippen LogP contribution in [0.5, 0.6) is 5.75 Å². The molecule has 134 valence electrons. The first-order valence-corrected chi connectivity index (χ1v) is 10.4. The van der Waals surface area contributed by atoms with Crippen molar-refractivity contribution < 1.29 is 9.53 Å². The molecule has 3 rings (SSSR count). The van der Waals surface area contributed by atoms with Gasteiger partial charge in [-0.3, -0.25) is 9.69 Å². The Morgan fingerprint density at radius 1 is 1.23 bits per heavy atom. The van der Waals surface area contributed by atoms with Crippen molar-refractivity contribution in [3.8, 4) is 5.75 Å². The smallest absolute Gasteiger partial charge is 0.265 e. The lowest BCUT2D eigenvalue weighted by Gasteiger charge is -2.09. The van der Waals surface area contributed by atoms with Gasteiger partial charge in [-0.15, -0.1) is 11.8 Å². The van der Waals surface area contributed by atoms with Gasteiger partial charge in [0.15, 0.2) is 0 Å². The summed E-state index contributed by atoms with van der Waals surface area (Å²) in [6.07, 6.45) is 1.84. The summed E-state index contributed by atoms with van der Waals surface area (Å²) in [6, 6.07) is 15.4. The third kappa shape index (κ3) is 4.82. The van der Waals surface area contributed by atoms with Crippen molar-refractivity contribution in [1.82, 2.24) is 4.90 Å². The topological polar surface area (TPSA) is 29.5 Å². The van der Waals surface area contributed by atoms with Gasteiger partial charge in [-0.2, -0.15) is 0 Å². The van der Waals surface area contributed by atoms with Gasteiger partial charge < -0.3 is 4.74 Å². The Bertz CT molecular complexity index is 852. The van der Waals surface area contributed by atoms with Crippen LogP contribution in [-0.4, -0.2) is 34.5 Å². The molecule has 1 amide bonds. The van der Waals surface area contributed by atoms with Crippen LogP contribution in [0.3, 0.4) is 0 Å². The Balaban J connectivity index is 1.62. The van der Waals surface area contributed by atoms with Crippen LogP contribution in [0.4, 0.5) is 0 Å². The molecule has 1 aliphatic heterocycles. The molecule has 2 aromatic rings. The molecule has 0 radical (unpaired) electrons. The highest BCUT2D eigenvalue weighted by molar-refractivity contribution is 8.26. The second kappa shape index (κ2) is 8.95. The number of carbonyl (C=O) groups is 1. The molecule has 7 heteroatoms. The van der Waals surface area contributed by atoms with E-state index in [0.717, 1.165) is 27.0 Å². The third-order valence-corrected chi connectivity index (χ3v) is 6.33. The third-order valence-electron chi connectivity index (χ3n) is 3.62. The van der Waals surface area contributed by atoms with E-state index in [2.05, 4.69) is 0 Å². The molecule has 1 aliphatic rings. The molecule has 0 aromatic heterocycles. The number of ether oxygens (including phenoxy) is 1. The van der Waals surface area contributed by atoms with Gasteiger partial charge in [0.25, 0.3) is 5.91 Å². The number of hydrogen-bond acceptors (Lipinski definition) is 5. The van der Waals surface area contributed by atoms with Gasteiger partial charge in [-0.1, -0.05) is 53.8 Å². The molecule has 1 saturated heterocycles. The first kappa shape index (κ1) is 19.3. The maximum Gasteiger partial charge on any atom is 0.265 e. The zero-order chi connectivity index (χ0) is 18.5. The predicted molar refractivity (Wildman–Crippen MR) is 115 cm³/mol. The lowest BCUT2D eigenvalue weighted by atomic mass is 10.2. The van der Waals surface area contributed by atoms with Gasteiger partial charge in [0.2, 0.25) is 0 Å². The van der Waals surface area contributed by atoms with Crippen molar-refractivity contribution in [2.75, 3.05) is 19.4 Å². The highest BCUT2D eigenvalue weighted by Gasteiger charge is 2.28. The van der Waals surface area contributed by atoms with E-state index in [-0.39, 0.29) is 5.91 Å². The molecule has 0 aliphatic carbocycles. The summed E-state index contributed by atoms with van der Waals surface area (Å²) in [4.78, 5) is 15.4. The van der Waals surface area contributed by atoms with E-state index in [4.69, 9.17) is 28.6 Å². The summed E-state index contributed by atoms with van der Waals surface area (Å²) in [6.45, 7) is 0.562. The maximum absolute atomic E-state index is 12.2. The van der Waals surface area contributed by atoms with E-state index in [9.17, 15) is 4.79 Å². The largest absolute Gasteiger partial charge is 0.492 e. The number of carbonyl (C=O) groups excluding carboxylic acids is 1. The number of likely N-dealkylation sites (N-methyl/N-ethyl adjacent to an activating group) is 1. The van der Waals surface area contributed by atoms with Crippen molar-refractivity contribution in [1.29, 1.82) is 0 Å². The number of amides is 1. The number of benzene rings is 2. The van der Waals surface area contributed by atoms with Gasteiger partial charge in [-0.25, -0.2) is 0 Å². The molecule has 0 atom stereocenters. The predicted octanol–water partition coefficient (Wildman–Crippen LogP) is 5.34. The molecule has 26 heavy (non-hydrogen) atoms. The van der Waals surface area contributed by atoms with Crippen molar-refractivity contribution in [2.24, 2.45) is 0 Å². The molecular formula is C19H16ClNO2S3. The van der Waals surface area contributed by atoms with Gasteiger partial charge in [0, 0.05) is 28.3 Å². The van der Waals surface area contributed by atoms with Gasteiger partial charge in [-0.05, 0) is 36.4 Å². The molecule has 0 saturated carbocycles. The second-order valence-electron chi connectivity index (χ2n) is 5.43. The number of nitrogens with zero attached hydrogens (tertiary/aromatic N) is 1. The van der Waals surface area contributed by atoms with Crippen LogP contribution in [0.1, 0.15) is 5.56 Å². The summed E-state index contributed by atoms with van der Waals surface area (Å²) < 4.78 is 6.49. The van der Waals surface area contributed by atoms with E-state index in [1.54, 1.807) is 18.8 Å². The second-order valence-corrected chi connectivity index (χ2v) is 8.71. The highest BCUT2D eigenvalue weighted by Crippen LogP contribution is 2.33. The minimum Gasteiger partial charge on any atom is -0.492 e. The van der Waals surface area contributed by atoms with Crippen molar-refractivity contribution >= 4 is 63.6 Å². The minimum atomic E-state index is -0.0758. The lowest BCUT2D eigenvalue weighted by molar-refractivity contribution is -0.121. The summed E-state index contributed by atoms with van der Waals surface area (Å²) in [5.41, 5.74) is 0.873. The molecule has 1 fully saturated rings. The normalized spacial score (nSPS) is 15.8. The Kier molecular flexibility index (Phi) is 6.64. The van der Waals surface area contributed by atoms with Crippen LogP contribution in [-0.2, 0) is 4.79 Å². The molecule has 0 bridgehead atoms. The minimum absolute atomic E-state index is 0.0758. The fourth-order valence-corrected chi connectivity index (χ4v) is 4.29. The average molecular weight is 422 g/mol. The zero-order valence-electron chi connectivity index (χ0n) is 14.0. The monoisotopic (exact) mass is 421 g/mol. The maximum atomic E-state index is 12.2. The molecular weight excluding hydrogens is 406 g/mol. The van der Waals surface area contributed by atoms with E-state index < -0.39 is 0 Å². The Morgan fingerprint density at radius 2 is 1.96 bits per heavy atom. The lowest BCUT2D eigenvalue weighted by Crippen LogP contribution is -2.22. The first-order chi connectivity index (χ1) is 12.5. The average Bonchev–Trinajstić information content (AvgIpc) is 2.88. The molecule has 0 spiro atoms. The first-order valence-electron chi connectivity index (χ1n) is 7.86. The van der Waals surface area contributed by atoms with Crippen molar-refractivity contribution in [3.63, 3.8) is 0 Å². The van der Waals surface area contributed by atoms with Gasteiger partial charge in [0.1, 0.15) is 10.1 Å². The number of thiocarbonyl (C=S) groups is 1. The fourth-order valence-electron chi connectivity index (χ4n) is 2.26. The fraction of sp³-hybridized carbons (Fsp3) is 0.158. The molecule has 2 aromatic carbocycles. The number of rotatable bonds is 6. The Hall–Kier alpha value is -1.47. The quantitative estimate of drug-likeness (QED) is 0.272. The summed E-state index contributed by atoms with van der Waals surface area (Å²) in [5, 5.41) is 0.733. The summed E-state index contributed by atoms with van der Waals surface area (Å²) in [5.74, 6) is 1.49. The van der Waals surface area contributed by atoms with Crippen LogP contribution in [0, 0.1) is 0 Å². The number of thioether (sulfide) groups is 2. The standard InChI is InChI=1S/C19H16ClNO2S3/c1-21-18(22)17(26-19(21)24)12-13-4-2-3-5-16(13)23-10-11-25-15-8-6-14(20)7-9-15/h2-9,12H,10-11H2,1H3/b17-12+. The van der Waals surface area contributed by atoms with Crippen LogP contribution < -0.4 is 4.74 Å². The zero-order valence-corrected chi connectivity index (χ0v) is 17.2. The molecule has 1 heterocycles. The van der Waals surface area contributed by atoms with E-state index in [1.165, 1.54) is 16.7 Å². The summed E-state index contributed by atoms with van der Waals surface area (Å²) in [7, 11) is 1.69. The Labute approximate surface area is 171 Å². The van der Waals surface area contributed by atoms with E-state index in [1.807, 2.05) is 54.6 Å². The molecule has 0 N–H and O–H groups in total. The van der Waals surface area contributed by atoms with E-state index in [0.29, 0.717) is 15.8 Å². The van der Waals surface area contributed by atoms with E-state index >= 15 is 0 Å². The molecule has 0 unspecified atom stereocenters. The van der Waals surface area contributed by atoms with Crippen LogP contribution in [0.25, 0.3) is 6.08 Å².